The second kappa shape index (κ2) is 3.84. The second-order valence-corrected chi connectivity index (χ2v) is 3.31. The van der Waals surface area contributed by atoms with Crippen molar-refractivity contribution in [2.75, 3.05) is 18.2 Å². The number of nitro groups is 1. The molecule has 1 unspecified atom stereocenters. The van der Waals surface area contributed by atoms with Crippen LogP contribution in [0.2, 0.25) is 0 Å². The fraction of sp³-hybridized carbons (Fsp3) is 0.333. The number of nitro benzene ring substituents is 1. The van der Waals surface area contributed by atoms with Crippen molar-refractivity contribution in [3.8, 4) is 0 Å². The highest BCUT2D eigenvalue weighted by Crippen LogP contribution is 2.22. The van der Waals surface area contributed by atoms with Gasteiger partial charge in [-0.1, -0.05) is 0 Å². The number of ether oxygens (including phenoxy) is 1. The van der Waals surface area contributed by atoms with Crippen LogP contribution in [-0.2, 0) is 4.74 Å². The predicted molar refractivity (Wildman–Crippen MR) is 54.4 cm³/mol. The van der Waals surface area contributed by atoms with Gasteiger partial charge in [0.2, 0.25) is 0 Å². The standard InChI is InChI=1S/C9H11N3O3/c10-9-5-15-6-11(9)7-1-3-8(4-2-7)12(13)14/h1-4,9H,5-6,10H2. The molecule has 1 aliphatic rings. The molecule has 0 bridgehead atoms. The minimum absolute atomic E-state index is 0.0763. The fourth-order valence-electron chi connectivity index (χ4n) is 1.49. The minimum atomic E-state index is -0.426. The van der Waals surface area contributed by atoms with E-state index >= 15 is 0 Å². The monoisotopic (exact) mass is 209 g/mol. The molecule has 1 fully saturated rings. The molecule has 15 heavy (non-hydrogen) atoms. The first-order valence-electron chi connectivity index (χ1n) is 4.53. The topological polar surface area (TPSA) is 81.6 Å². The molecular formula is C9H11N3O3. The first kappa shape index (κ1) is 9.88. The Kier molecular flexibility index (Phi) is 2.53. The molecule has 0 aromatic heterocycles. The molecule has 2 rings (SSSR count). The van der Waals surface area contributed by atoms with Crippen molar-refractivity contribution < 1.29 is 9.66 Å². The first-order valence-corrected chi connectivity index (χ1v) is 4.53. The van der Waals surface area contributed by atoms with E-state index in [2.05, 4.69) is 0 Å². The minimum Gasteiger partial charge on any atom is -0.358 e. The van der Waals surface area contributed by atoms with Crippen LogP contribution in [0.25, 0.3) is 0 Å². The molecule has 0 saturated carbocycles. The van der Waals surface area contributed by atoms with Crippen molar-refractivity contribution in [1.29, 1.82) is 0 Å². The van der Waals surface area contributed by atoms with Crippen molar-refractivity contribution in [3.63, 3.8) is 0 Å². The number of benzene rings is 1. The van der Waals surface area contributed by atoms with Crippen LogP contribution in [-0.4, -0.2) is 24.4 Å². The molecule has 6 heteroatoms. The number of anilines is 1. The largest absolute Gasteiger partial charge is 0.358 e. The summed E-state index contributed by atoms with van der Waals surface area (Å²) in [5, 5.41) is 10.4. The summed E-state index contributed by atoms with van der Waals surface area (Å²) in [6.45, 7) is 0.913. The maximum Gasteiger partial charge on any atom is 0.269 e. The Balaban J connectivity index is 2.19. The third kappa shape index (κ3) is 1.90. The Hall–Kier alpha value is -1.66. The van der Waals surface area contributed by atoms with Gasteiger partial charge >= 0.3 is 0 Å². The first-order chi connectivity index (χ1) is 7.18. The summed E-state index contributed by atoms with van der Waals surface area (Å²) in [6, 6.07) is 6.26. The molecule has 0 amide bonds. The highest BCUT2D eigenvalue weighted by atomic mass is 16.6. The van der Waals surface area contributed by atoms with Crippen LogP contribution >= 0.6 is 0 Å². The van der Waals surface area contributed by atoms with Gasteiger partial charge in [-0.05, 0) is 12.1 Å². The van der Waals surface area contributed by atoms with Crippen LogP contribution in [0, 0.1) is 10.1 Å². The summed E-state index contributed by atoms with van der Waals surface area (Å²) in [4.78, 5) is 11.9. The summed E-state index contributed by atoms with van der Waals surface area (Å²) in [5.41, 5.74) is 6.69. The number of non-ortho nitro benzene ring substituents is 1. The summed E-state index contributed by atoms with van der Waals surface area (Å²) < 4.78 is 5.17. The van der Waals surface area contributed by atoms with Crippen molar-refractivity contribution in [1.82, 2.24) is 0 Å². The Bertz CT molecular complexity index is 365. The van der Waals surface area contributed by atoms with Crippen LogP contribution in [0.3, 0.4) is 0 Å². The Morgan fingerprint density at radius 2 is 2.13 bits per heavy atom. The van der Waals surface area contributed by atoms with Gasteiger partial charge in [0.25, 0.3) is 5.69 Å². The molecule has 1 aromatic rings. The molecule has 1 heterocycles. The summed E-state index contributed by atoms with van der Waals surface area (Å²) in [5.74, 6) is 0. The average molecular weight is 209 g/mol. The Morgan fingerprint density at radius 1 is 1.47 bits per heavy atom. The number of nitrogens with zero attached hydrogens (tertiary/aromatic N) is 2. The van der Waals surface area contributed by atoms with E-state index in [1.807, 2.05) is 4.90 Å². The van der Waals surface area contributed by atoms with Crippen LogP contribution in [0.15, 0.2) is 24.3 Å². The van der Waals surface area contributed by atoms with E-state index in [1.165, 1.54) is 12.1 Å². The Morgan fingerprint density at radius 3 is 2.60 bits per heavy atom. The van der Waals surface area contributed by atoms with Crippen molar-refractivity contribution in [2.24, 2.45) is 5.73 Å². The van der Waals surface area contributed by atoms with Gasteiger partial charge in [-0.3, -0.25) is 10.1 Å². The molecule has 1 aromatic carbocycles. The normalized spacial score (nSPS) is 20.6. The lowest BCUT2D eigenvalue weighted by atomic mass is 10.2. The number of hydrogen-bond acceptors (Lipinski definition) is 5. The number of hydrogen-bond donors (Lipinski definition) is 1. The highest BCUT2D eigenvalue weighted by Gasteiger charge is 2.21. The zero-order valence-electron chi connectivity index (χ0n) is 8.00. The molecule has 0 spiro atoms. The lowest BCUT2D eigenvalue weighted by Gasteiger charge is -2.20. The lowest BCUT2D eigenvalue weighted by molar-refractivity contribution is -0.384. The van der Waals surface area contributed by atoms with Gasteiger partial charge in [0, 0.05) is 17.8 Å². The SMILES string of the molecule is NC1COCN1c1ccc([N+](=O)[O-])cc1. The van der Waals surface area contributed by atoms with Gasteiger partial charge in [0.05, 0.1) is 11.5 Å². The van der Waals surface area contributed by atoms with Gasteiger partial charge in [0.15, 0.2) is 0 Å². The highest BCUT2D eigenvalue weighted by molar-refractivity contribution is 5.51. The molecule has 6 nitrogen and oxygen atoms in total. The van der Waals surface area contributed by atoms with E-state index in [9.17, 15) is 10.1 Å². The number of rotatable bonds is 2. The fourth-order valence-corrected chi connectivity index (χ4v) is 1.49. The number of nitrogens with two attached hydrogens (primary N) is 1. The van der Waals surface area contributed by atoms with Crippen molar-refractivity contribution in [3.05, 3.63) is 34.4 Å². The molecule has 1 saturated heterocycles. The Labute approximate surface area is 86.4 Å². The van der Waals surface area contributed by atoms with Gasteiger partial charge in [0.1, 0.15) is 12.9 Å². The average Bonchev–Trinajstić information content (AvgIpc) is 2.65. The van der Waals surface area contributed by atoms with Crippen LogP contribution in [0.5, 0.6) is 0 Å². The van der Waals surface area contributed by atoms with Gasteiger partial charge in [-0.25, -0.2) is 0 Å². The maximum absolute atomic E-state index is 10.4. The van der Waals surface area contributed by atoms with E-state index in [1.54, 1.807) is 12.1 Å². The zero-order valence-corrected chi connectivity index (χ0v) is 8.00. The molecule has 80 valence electrons. The van der Waals surface area contributed by atoms with Crippen molar-refractivity contribution >= 4 is 11.4 Å². The van der Waals surface area contributed by atoms with E-state index in [4.69, 9.17) is 10.5 Å². The third-order valence-electron chi connectivity index (χ3n) is 2.31. The summed E-state index contributed by atoms with van der Waals surface area (Å²) in [6.07, 6.45) is -0.175. The molecule has 1 aliphatic heterocycles. The predicted octanol–water partition coefficient (Wildman–Crippen LogP) is 0.674. The van der Waals surface area contributed by atoms with Crippen molar-refractivity contribution in [2.45, 2.75) is 6.17 Å². The molecule has 0 radical (unpaired) electrons. The smallest absolute Gasteiger partial charge is 0.269 e. The van der Waals surface area contributed by atoms with E-state index in [0.29, 0.717) is 13.3 Å². The van der Waals surface area contributed by atoms with E-state index in [-0.39, 0.29) is 11.9 Å². The quantitative estimate of drug-likeness (QED) is 0.572. The van der Waals surface area contributed by atoms with Gasteiger partial charge in [-0.15, -0.1) is 0 Å². The van der Waals surface area contributed by atoms with Crippen LogP contribution in [0.1, 0.15) is 0 Å². The summed E-state index contributed by atoms with van der Waals surface area (Å²) >= 11 is 0. The maximum atomic E-state index is 10.4. The lowest BCUT2D eigenvalue weighted by Crippen LogP contribution is -2.38. The van der Waals surface area contributed by atoms with Gasteiger partial charge in [-0.2, -0.15) is 0 Å². The molecule has 0 aliphatic carbocycles. The molecule has 1 atom stereocenters. The second-order valence-electron chi connectivity index (χ2n) is 3.31. The van der Waals surface area contributed by atoms with Gasteiger partial charge < -0.3 is 15.4 Å². The van der Waals surface area contributed by atoms with Crippen LogP contribution < -0.4 is 10.6 Å². The summed E-state index contributed by atoms with van der Waals surface area (Å²) in [7, 11) is 0. The van der Waals surface area contributed by atoms with E-state index in [0.717, 1.165) is 5.69 Å². The van der Waals surface area contributed by atoms with Crippen LogP contribution in [0.4, 0.5) is 11.4 Å². The molecule has 2 N–H and O–H groups in total. The zero-order chi connectivity index (χ0) is 10.8. The molecular weight excluding hydrogens is 198 g/mol. The third-order valence-corrected chi connectivity index (χ3v) is 2.31. The van der Waals surface area contributed by atoms with E-state index < -0.39 is 4.92 Å².